The molecule has 0 radical (unpaired) electrons. The summed E-state index contributed by atoms with van der Waals surface area (Å²) >= 11 is 0. The Morgan fingerprint density at radius 2 is 1.81 bits per heavy atom. The van der Waals surface area contributed by atoms with Gasteiger partial charge in [-0.05, 0) is 56.4 Å². The van der Waals surface area contributed by atoms with Gasteiger partial charge in [-0.25, -0.2) is 18.7 Å². The number of allylic oxidation sites excluding steroid dienone is 2. The number of aromatic nitrogens is 2. The lowest BCUT2D eigenvalue weighted by molar-refractivity contribution is -0.132. The van der Waals surface area contributed by atoms with Gasteiger partial charge in [-0.1, -0.05) is 38.5 Å². The molecule has 2 aromatic rings. The topological polar surface area (TPSA) is 121 Å². The first-order valence-corrected chi connectivity index (χ1v) is 14.7. The first-order chi connectivity index (χ1) is 20.0. The fraction of sp³-hybridized carbons (Fsp3) is 0.500. The number of carbonyl (C=O) groups excluding carboxylic acids is 2. The van der Waals surface area contributed by atoms with Gasteiger partial charge in [0.1, 0.15) is 17.5 Å². The first-order valence-electron chi connectivity index (χ1n) is 14.7. The molecule has 1 heterocycles. The molecule has 10 heteroatoms. The van der Waals surface area contributed by atoms with E-state index < -0.39 is 35.0 Å². The average Bonchev–Trinajstić information content (AvgIpc) is 2.94. The quantitative estimate of drug-likeness (QED) is 0.291. The highest BCUT2D eigenvalue weighted by molar-refractivity contribution is 5.96. The number of hydrogen-bond donors (Lipinski definition) is 3. The van der Waals surface area contributed by atoms with Crippen LogP contribution < -0.4 is 11.1 Å². The third-order valence-electron chi connectivity index (χ3n) is 7.62. The van der Waals surface area contributed by atoms with Crippen molar-refractivity contribution in [3.05, 3.63) is 82.5 Å². The molecule has 0 saturated carbocycles. The summed E-state index contributed by atoms with van der Waals surface area (Å²) in [6, 6.07) is 4.91. The van der Waals surface area contributed by atoms with Crippen LogP contribution in [0.15, 0.2) is 53.8 Å². The van der Waals surface area contributed by atoms with Crippen molar-refractivity contribution in [1.82, 2.24) is 20.2 Å². The van der Waals surface area contributed by atoms with Crippen molar-refractivity contribution >= 4 is 11.8 Å². The zero-order valence-corrected chi connectivity index (χ0v) is 25.0. The molecule has 1 aliphatic carbocycles. The van der Waals surface area contributed by atoms with Crippen molar-refractivity contribution in [3.63, 3.8) is 0 Å². The van der Waals surface area contributed by atoms with Crippen LogP contribution >= 0.6 is 0 Å². The van der Waals surface area contributed by atoms with Crippen LogP contribution in [0.5, 0.6) is 0 Å². The monoisotopic (exact) mass is 583 g/mol. The third-order valence-corrected chi connectivity index (χ3v) is 7.62. The number of aliphatic hydroxyl groups is 1. The standard InChI is InChI=1S/C32H43F2N5O3/c1-5-10-39(11-6-2)30(41)23-12-21(4)17-32(18-23,31(35)42)27(15-22-13-24(33)16-25(34)14-22)28(40)20-36-19-26-8-9-37-29(7-3)38-26/h8-9,12-14,16-17,27-28,36,40H,5-7,10-11,15,18-20H2,1-4H3,(H2,35,42)/t27-,28+,32?/m1/s1. The van der Waals surface area contributed by atoms with E-state index in [2.05, 4.69) is 15.3 Å². The summed E-state index contributed by atoms with van der Waals surface area (Å²) in [5.41, 5.74) is 6.68. The molecule has 2 amide bonds. The van der Waals surface area contributed by atoms with Crippen LogP contribution in [-0.2, 0) is 29.0 Å². The second-order valence-electron chi connectivity index (χ2n) is 11.0. The molecule has 1 aromatic carbocycles. The number of hydrogen-bond acceptors (Lipinski definition) is 6. The van der Waals surface area contributed by atoms with Crippen LogP contribution in [0.3, 0.4) is 0 Å². The van der Waals surface area contributed by atoms with E-state index in [-0.39, 0.29) is 30.9 Å². The lowest BCUT2D eigenvalue weighted by Gasteiger charge is -2.42. The van der Waals surface area contributed by atoms with Crippen LogP contribution in [-0.4, -0.2) is 57.5 Å². The van der Waals surface area contributed by atoms with E-state index in [1.54, 1.807) is 36.2 Å². The van der Waals surface area contributed by atoms with Crippen molar-refractivity contribution in [2.45, 2.75) is 72.4 Å². The molecule has 3 atom stereocenters. The van der Waals surface area contributed by atoms with Crippen LogP contribution in [0, 0.1) is 23.0 Å². The summed E-state index contributed by atoms with van der Waals surface area (Å²) in [5.74, 6) is -2.64. The summed E-state index contributed by atoms with van der Waals surface area (Å²) in [4.78, 5) is 37.5. The van der Waals surface area contributed by atoms with Crippen molar-refractivity contribution in [2.24, 2.45) is 17.1 Å². The molecule has 0 spiro atoms. The van der Waals surface area contributed by atoms with Gasteiger partial charge in [0.15, 0.2) is 0 Å². The molecule has 228 valence electrons. The molecular formula is C32H43F2N5O3. The Labute approximate surface area is 247 Å². The van der Waals surface area contributed by atoms with E-state index >= 15 is 0 Å². The van der Waals surface area contributed by atoms with Crippen molar-refractivity contribution in [3.8, 4) is 0 Å². The fourth-order valence-electron chi connectivity index (χ4n) is 5.76. The Bertz CT molecular complexity index is 1290. The number of nitrogens with two attached hydrogens (primary N) is 1. The normalized spacial score (nSPS) is 18.2. The molecule has 1 unspecified atom stereocenters. The minimum absolute atomic E-state index is 0.0340. The van der Waals surface area contributed by atoms with E-state index in [4.69, 9.17) is 5.73 Å². The number of nitrogens with one attached hydrogen (secondary N) is 1. The Hall–Kier alpha value is -3.50. The Kier molecular flexibility index (Phi) is 11.9. The molecule has 42 heavy (non-hydrogen) atoms. The van der Waals surface area contributed by atoms with Crippen molar-refractivity contribution in [2.75, 3.05) is 19.6 Å². The lowest BCUT2D eigenvalue weighted by Crippen LogP contribution is -2.51. The number of amides is 2. The molecule has 0 saturated heterocycles. The van der Waals surface area contributed by atoms with Gasteiger partial charge in [-0.3, -0.25) is 9.59 Å². The maximum atomic E-state index is 14.2. The minimum Gasteiger partial charge on any atom is -0.391 e. The molecule has 3 rings (SSSR count). The summed E-state index contributed by atoms with van der Waals surface area (Å²) in [5, 5.41) is 14.8. The lowest BCUT2D eigenvalue weighted by atomic mass is 9.63. The molecular weight excluding hydrogens is 540 g/mol. The molecule has 1 aromatic heterocycles. The maximum Gasteiger partial charge on any atom is 0.249 e. The summed E-state index contributed by atoms with van der Waals surface area (Å²) < 4.78 is 28.4. The summed E-state index contributed by atoms with van der Waals surface area (Å²) in [6.07, 6.45) is 6.10. The van der Waals surface area contributed by atoms with Gasteiger partial charge >= 0.3 is 0 Å². The van der Waals surface area contributed by atoms with Crippen LogP contribution in [0.1, 0.15) is 64.0 Å². The summed E-state index contributed by atoms with van der Waals surface area (Å²) in [7, 11) is 0. The van der Waals surface area contributed by atoms with Gasteiger partial charge in [-0.15, -0.1) is 0 Å². The fourth-order valence-corrected chi connectivity index (χ4v) is 5.76. The number of primary amides is 1. The van der Waals surface area contributed by atoms with Gasteiger partial charge < -0.3 is 21.1 Å². The van der Waals surface area contributed by atoms with Gasteiger partial charge in [0.25, 0.3) is 0 Å². The molecule has 8 nitrogen and oxygen atoms in total. The number of rotatable bonds is 15. The van der Waals surface area contributed by atoms with Gasteiger partial charge in [0.2, 0.25) is 11.8 Å². The van der Waals surface area contributed by atoms with Crippen LogP contribution in [0.2, 0.25) is 0 Å². The number of nitrogens with zero attached hydrogens (tertiary/aromatic N) is 3. The predicted octanol–water partition coefficient (Wildman–Crippen LogP) is 4.02. The number of carbonyl (C=O) groups is 2. The Morgan fingerprint density at radius 3 is 2.40 bits per heavy atom. The Morgan fingerprint density at radius 1 is 1.14 bits per heavy atom. The van der Waals surface area contributed by atoms with E-state index in [1.807, 2.05) is 20.8 Å². The highest BCUT2D eigenvalue weighted by Gasteiger charge is 2.48. The van der Waals surface area contributed by atoms with E-state index in [1.165, 1.54) is 12.1 Å². The average molecular weight is 584 g/mol. The predicted molar refractivity (Wildman–Crippen MR) is 158 cm³/mol. The number of aryl methyl sites for hydroxylation is 1. The second kappa shape index (κ2) is 15.1. The van der Waals surface area contributed by atoms with Gasteiger partial charge in [0, 0.05) is 56.4 Å². The largest absolute Gasteiger partial charge is 0.391 e. The van der Waals surface area contributed by atoms with Crippen LogP contribution in [0.4, 0.5) is 8.78 Å². The Balaban J connectivity index is 1.98. The molecule has 0 aliphatic heterocycles. The molecule has 0 fully saturated rings. The second-order valence-corrected chi connectivity index (χ2v) is 11.0. The zero-order valence-electron chi connectivity index (χ0n) is 25.0. The van der Waals surface area contributed by atoms with E-state index in [0.29, 0.717) is 43.0 Å². The molecule has 4 N–H and O–H groups in total. The first kappa shape index (κ1) is 33.0. The number of halogens is 2. The van der Waals surface area contributed by atoms with E-state index in [9.17, 15) is 23.5 Å². The van der Waals surface area contributed by atoms with Gasteiger partial charge in [0.05, 0.1) is 17.2 Å². The molecule has 0 bridgehead atoms. The third kappa shape index (κ3) is 8.29. The zero-order chi connectivity index (χ0) is 30.9. The van der Waals surface area contributed by atoms with E-state index in [0.717, 1.165) is 24.6 Å². The highest BCUT2D eigenvalue weighted by Crippen LogP contribution is 2.44. The number of benzene rings is 1. The minimum atomic E-state index is -1.48. The maximum absolute atomic E-state index is 14.2. The highest BCUT2D eigenvalue weighted by atomic mass is 19.1. The molecule has 1 aliphatic rings. The summed E-state index contributed by atoms with van der Waals surface area (Å²) in [6.45, 7) is 9.22. The smallest absolute Gasteiger partial charge is 0.249 e. The van der Waals surface area contributed by atoms with Crippen molar-refractivity contribution in [1.29, 1.82) is 0 Å². The SMILES string of the molecule is CCCN(CCC)C(=O)C1=CC(C)=CC(C(N)=O)([C@H](Cc2cc(F)cc(F)c2)[C@@H](O)CNCc2ccnc(CC)n2)C1. The van der Waals surface area contributed by atoms with Crippen molar-refractivity contribution < 1.29 is 23.5 Å². The number of aliphatic hydroxyl groups excluding tert-OH is 1. The van der Waals surface area contributed by atoms with Crippen LogP contribution in [0.25, 0.3) is 0 Å². The van der Waals surface area contributed by atoms with Gasteiger partial charge in [-0.2, -0.15) is 0 Å².